The predicted octanol–water partition coefficient (Wildman–Crippen LogP) is 4.50. The summed E-state index contributed by atoms with van der Waals surface area (Å²) in [6.07, 6.45) is 4.88. The molecule has 1 amide bonds. The van der Waals surface area contributed by atoms with Gasteiger partial charge in [-0.15, -0.1) is 0 Å². The molecule has 0 radical (unpaired) electrons. The van der Waals surface area contributed by atoms with Gasteiger partial charge in [0, 0.05) is 24.2 Å². The summed E-state index contributed by atoms with van der Waals surface area (Å²) in [5.41, 5.74) is 1.44. The molecule has 142 valence electrons. The zero-order chi connectivity index (χ0) is 19.2. The number of halogens is 2. The Morgan fingerprint density at radius 3 is 2.52 bits per heavy atom. The van der Waals surface area contributed by atoms with Gasteiger partial charge in [0.25, 0.3) is 0 Å². The van der Waals surface area contributed by atoms with E-state index >= 15 is 0 Å². The van der Waals surface area contributed by atoms with Crippen molar-refractivity contribution < 1.29 is 23.0 Å². The average Bonchev–Trinajstić information content (AvgIpc) is 3.50. The number of rotatable bonds is 8. The summed E-state index contributed by atoms with van der Waals surface area (Å²) in [4.78, 5) is 14.5. The van der Waals surface area contributed by atoms with Crippen molar-refractivity contribution in [2.75, 3.05) is 7.11 Å². The zero-order valence-corrected chi connectivity index (χ0v) is 15.0. The highest BCUT2D eigenvalue weighted by molar-refractivity contribution is 5.92. The molecular formula is C21H21F2NO3. The summed E-state index contributed by atoms with van der Waals surface area (Å²) in [6.45, 7) is -2.42. The summed E-state index contributed by atoms with van der Waals surface area (Å²) >= 11 is 0. The van der Waals surface area contributed by atoms with Crippen LogP contribution in [0.5, 0.6) is 11.5 Å². The number of nitrogens with zero attached hydrogens (tertiary/aromatic N) is 1. The third-order valence-electron chi connectivity index (χ3n) is 4.32. The maximum Gasteiger partial charge on any atom is 0.387 e. The first-order valence-electron chi connectivity index (χ1n) is 8.72. The highest BCUT2D eigenvalue weighted by Gasteiger charge is 2.31. The molecule has 0 N–H and O–H groups in total. The van der Waals surface area contributed by atoms with Gasteiger partial charge in [-0.25, -0.2) is 0 Å². The molecule has 2 aromatic rings. The van der Waals surface area contributed by atoms with E-state index in [1.807, 2.05) is 24.3 Å². The molecule has 27 heavy (non-hydrogen) atoms. The Morgan fingerprint density at radius 1 is 1.19 bits per heavy atom. The van der Waals surface area contributed by atoms with Crippen LogP contribution < -0.4 is 9.47 Å². The van der Waals surface area contributed by atoms with Gasteiger partial charge in [-0.05, 0) is 42.7 Å². The van der Waals surface area contributed by atoms with Crippen LogP contribution in [0.15, 0.2) is 54.6 Å². The van der Waals surface area contributed by atoms with Crippen LogP contribution in [-0.2, 0) is 11.3 Å². The van der Waals surface area contributed by atoms with E-state index in [2.05, 4.69) is 4.74 Å². The van der Waals surface area contributed by atoms with E-state index in [9.17, 15) is 13.6 Å². The average molecular weight is 373 g/mol. The van der Waals surface area contributed by atoms with Crippen LogP contribution >= 0.6 is 0 Å². The van der Waals surface area contributed by atoms with Crippen molar-refractivity contribution in [3.8, 4) is 11.5 Å². The molecule has 1 aliphatic rings. The fraction of sp³-hybridized carbons (Fsp3) is 0.286. The highest BCUT2D eigenvalue weighted by Crippen LogP contribution is 2.29. The van der Waals surface area contributed by atoms with Crippen molar-refractivity contribution in [3.63, 3.8) is 0 Å². The first kappa shape index (κ1) is 18.9. The van der Waals surface area contributed by atoms with Crippen LogP contribution in [0.3, 0.4) is 0 Å². The number of methoxy groups -OCH3 is 1. The minimum absolute atomic E-state index is 0.0460. The second-order valence-corrected chi connectivity index (χ2v) is 6.30. The monoisotopic (exact) mass is 373 g/mol. The standard InChI is InChI=1S/C21H21F2NO3/c1-26-18-11-6-15(7-12-18)14-24(17-9-10-17)20(25)13-8-16-4-2-3-5-19(16)27-21(22)23/h2-8,11-13,17,21H,9-10,14H2,1H3/b13-8+. The van der Waals surface area contributed by atoms with Crippen molar-refractivity contribution in [2.45, 2.75) is 32.0 Å². The Kier molecular flexibility index (Phi) is 6.06. The molecule has 1 saturated carbocycles. The summed E-state index contributed by atoms with van der Waals surface area (Å²) < 4.78 is 34.7. The van der Waals surface area contributed by atoms with Crippen LogP contribution in [0, 0.1) is 0 Å². The van der Waals surface area contributed by atoms with Crippen molar-refractivity contribution in [3.05, 3.63) is 65.7 Å². The van der Waals surface area contributed by atoms with Crippen LogP contribution in [0.4, 0.5) is 8.78 Å². The number of alkyl halides is 2. The molecular weight excluding hydrogens is 352 g/mol. The Balaban J connectivity index is 1.71. The fourth-order valence-electron chi connectivity index (χ4n) is 2.78. The van der Waals surface area contributed by atoms with Gasteiger partial charge in [0.2, 0.25) is 5.91 Å². The third kappa shape index (κ3) is 5.29. The lowest BCUT2D eigenvalue weighted by Crippen LogP contribution is -2.31. The third-order valence-corrected chi connectivity index (χ3v) is 4.32. The van der Waals surface area contributed by atoms with Gasteiger partial charge in [-0.1, -0.05) is 30.3 Å². The lowest BCUT2D eigenvalue weighted by molar-refractivity contribution is -0.127. The van der Waals surface area contributed by atoms with Crippen molar-refractivity contribution in [2.24, 2.45) is 0 Å². The number of carbonyl (C=O) groups is 1. The second-order valence-electron chi connectivity index (χ2n) is 6.30. The summed E-state index contributed by atoms with van der Waals surface area (Å²) in [7, 11) is 1.61. The first-order valence-corrected chi connectivity index (χ1v) is 8.72. The van der Waals surface area contributed by atoms with E-state index in [1.165, 1.54) is 18.2 Å². The summed E-state index contributed by atoms with van der Waals surface area (Å²) in [5, 5.41) is 0. The number of benzene rings is 2. The summed E-state index contributed by atoms with van der Waals surface area (Å²) in [6, 6.07) is 14.2. The van der Waals surface area contributed by atoms with Crippen molar-refractivity contribution in [1.82, 2.24) is 4.90 Å². The zero-order valence-electron chi connectivity index (χ0n) is 15.0. The van der Waals surface area contributed by atoms with Gasteiger partial charge in [-0.2, -0.15) is 8.78 Å². The minimum Gasteiger partial charge on any atom is -0.497 e. The molecule has 1 aliphatic carbocycles. The molecule has 2 aromatic carbocycles. The molecule has 0 aliphatic heterocycles. The number of amides is 1. The van der Waals surface area contributed by atoms with E-state index in [1.54, 1.807) is 30.2 Å². The van der Waals surface area contributed by atoms with Crippen LogP contribution in [0.25, 0.3) is 6.08 Å². The molecule has 0 unspecified atom stereocenters. The minimum atomic E-state index is -2.91. The molecule has 3 rings (SSSR count). The topological polar surface area (TPSA) is 38.8 Å². The van der Waals surface area contributed by atoms with Gasteiger partial charge in [0.15, 0.2) is 0 Å². The number of hydrogen-bond donors (Lipinski definition) is 0. The Morgan fingerprint density at radius 2 is 1.89 bits per heavy atom. The Bertz CT molecular complexity index is 801. The van der Waals surface area contributed by atoms with Crippen molar-refractivity contribution >= 4 is 12.0 Å². The molecule has 0 spiro atoms. The maximum absolute atomic E-state index is 12.7. The molecule has 0 aromatic heterocycles. The maximum atomic E-state index is 12.7. The van der Waals surface area contributed by atoms with Crippen LogP contribution in [0.1, 0.15) is 24.0 Å². The molecule has 0 saturated heterocycles. The van der Waals surface area contributed by atoms with E-state index in [0.29, 0.717) is 12.1 Å². The van der Waals surface area contributed by atoms with Gasteiger partial charge >= 0.3 is 6.61 Å². The molecule has 0 heterocycles. The number of para-hydroxylation sites is 1. The number of hydrogen-bond acceptors (Lipinski definition) is 3. The summed E-state index contributed by atoms with van der Waals surface area (Å²) in [5.74, 6) is 0.656. The van der Waals surface area contributed by atoms with Gasteiger partial charge < -0.3 is 14.4 Å². The van der Waals surface area contributed by atoms with Crippen molar-refractivity contribution in [1.29, 1.82) is 0 Å². The second kappa shape index (κ2) is 8.66. The largest absolute Gasteiger partial charge is 0.497 e. The van der Waals surface area contributed by atoms with Gasteiger partial charge in [0.1, 0.15) is 11.5 Å². The fourth-order valence-corrected chi connectivity index (χ4v) is 2.78. The SMILES string of the molecule is COc1ccc(CN(C(=O)/C=C/c2ccccc2OC(F)F)C2CC2)cc1. The smallest absolute Gasteiger partial charge is 0.387 e. The number of carbonyl (C=O) groups excluding carboxylic acids is 1. The molecule has 0 bridgehead atoms. The quantitative estimate of drug-likeness (QED) is 0.640. The number of ether oxygens (including phenoxy) is 2. The molecule has 4 nitrogen and oxygen atoms in total. The lowest BCUT2D eigenvalue weighted by Gasteiger charge is -2.21. The molecule has 6 heteroatoms. The lowest BCUT2D eigenvalue weighted by atomic mass is 10.1. The first-order chi connectivity index (χ1) is 13.1. The predicted molar refractivity (Wildman–Crippen MR) is 98.7 cm³/mol. The van der Waals surface area contributed by atoms with E-state index in [4.69, 9.17) is 4.74 Å². The van der Waals surface area contributed by atoms with Crippen LogP contribution in [-0.4, -0.2) is 30.6 Å². The Labute approximate surface area is 157 Å². The highest BCUT2D eigenvalue weighted by atomic mass is 19.3. The Hall–Kier alpha value is -2.89. The van der Waals surface area contributed by atoms with E-state index < -0.39 is 6.61 Å². The van der Waals surface area contributed by atoms with Gasteiger partial charge in [-0.3, -0.25) is 4.79 Å². The molecule has 1 fully saturated rings. The normalized spacial score (nSPS) is 13.8. The van der Waals surface area contributed by atoms with Crippen LogP contribution in [0.2, 0.25) is 0 Å². The van der Waals surface area contributed by atoms with E-state index in [-0.39, 0.29) is 17.7 Å². The van der Waals surface area contributed by atoms with E-state index in [0.717, 1.165) is 24.2 Å². The van der Waals surface area contributed by atoms with Gasteiger partial charge in [0.05, 0.1) is 7.11 Å². The molecule has 0 atom stereocenters.